The molecule has 0 aliphatic heterocycles. The molecule has 164 valence electrons. The number of carbonyl (C=O) groups excluding carboxylic acids is 3. The largest absolute Gasteiger partial charge is 0.481 e. The summed E-state index contributed by atoms with van der Waals surface area (Å²) in [4.78, 5) is 46.9. The van der Waals surface area contributed by atoms with Crippen LogP contribution in [-0.4, -0.2) is 35.0 Å². The third-order valence-electron chi connectivity index (χ3n) is 4.27. The van der Waals surface area contributed by atoms with E-state index in [2.05, 4.69) is 21.3 Å². The van der Waals surface area contributed by atoms with Gasteiger partial charge in [-0.2, -0.15) is 0 Å². The number of hydrogen-bond donors (Lipinski definition) is 5. The number of amides is 4. The smallest absolute Gasteiger partial charge is 0.323 e. The third-order valence-corrected chi connectivity index (χ3v) is 4.27. The number of carboxylic acid groups (broad SMARTS) is 1. The lowest BCUT2D eigenvalue weighted by Crippen LogP contribution is -2.38. The molecule has 0 radical (unpaired) electrons. The molecule has 0 aromatic heterocycles. The van der Waals surface area contributed by atoms with Gasteiger partial charge in [-0.3, -0.25) is 14.4 Å². The standard InChI is InChI=1S/C22H26N4O5/c1-14(21(30)23-15(2)13-20(28)29)12-19(27)24-17-8-10-18(11-9-17)26-22(31)25-16-6-4-3-5-7-16/h3-11,14-15H,12-13H2,1-2H3,(H,23,30)(H,24,27)(H,28,29)(H2,25,26,31)/t14?,15-/m1/s1. The second-order valence-electron chi connectivity index (χ2n) is 7.18. The van der Waals surface area contributed by atoms with Crippen LogP contribution in [0, 0.1) is 5.92 Å². The number of carbonyl (C=O) groups is 4. The van der Waals surface area contributed by atoms with Crippen molar-refractivity contribution in [1.82, 2.24) is 5.32 Å². The number of para-hydroxylation sites is 1. The van der Waals surface area contributed by atoms with Crippen molar-refractivity contribution in [3.63, 3.8) is 0 Å². The lowest BCUT2D eigenvalue weighted by atomic mass is 10.1. The predicted octanol–water partition coefficient (Wildman–Crippen LogP) is 3.27. The van der Waals surface area contributed by atoms with Gasteiger partial charge in [0.25, 0.3) is 0 Å². The van der Waals surface area contributed by atoms with Gasteiger partial charge < -0.3 is 26.4 Å². The van der Waals surface area contributed by atoms with Gasteiger partial charge in [-0.25, -0.2) is 4.79 Å². The molecule has 0 bridgehead atoms. The van der Waals surface area contributed by atoms with Gasteiger partial charge in [-0.15, -0.1) is 0 Å². The number of aliphatic carboxylic acids is 1. The maximum atomic E-state index is 12.2. The zero-order chi connectivity index (χ0) is 22.8. The van der Waals surface area contributed by atoms with Crippen LogP contribution >= 0.6 is 0 Å². The van der Waals surface area contributed by atoms with Crippen LogP contribution in [0.5, 0.6) is 0 Å². The number of anilines is 3. The molecule has 31 heavy (non-hydrogen) atoms. The quantitative estimate of drug-likeness (QED) is 0.419. The van der Waals surface area contributed by atoms with E-state index in [9.17, 15) is 19.2 Å². The molecule has 0 saturated carbocycles. The normalized spacial score (nSPS) is 12.2. The number of rotatable bonds is 9. The Balaban J connectivity index is 1.79. The summed E-state index contributed by atoms with van der Waals surface area (Å²) in [6.45, 7) is 3.19. The summed E-state index contributed by atoms with van der Waals surface area (Å²) in [5.41, 5.74) is 1.73. The monoisotopic (exact) mass is 426 g/mol. The van der Waals surface area contributed by atoms with Gasteiger partial charge in [0, 0.05) is 35.4 Å². The molecule has 9 heteroatoms. The first kappa shape index (κ1) is 23.4. The number of nitrogens with one attached hydrogen (secondary N) is 4. The Bertz CT molecular complexity index is 915. The number of hydrogen-bond acceptors (Lipinski definition) is 4. The summed E-state index contributed by atoms with van der Waals surface area (Å²) in [5, 5.41) is 19.4. The fraction of sp³-hybridized carbons (Fsp3) is 0.273. The van der Waals surface area contributed by atoms with E-state index in [1.807, 2.05) is 18.2 Å². The molecule has 0 aliphatic rings. The summed E-state index contributed by atoms with van der Waals surface area (Å²) < 4.78 is 0. The number of urea groups is 1. The van der Waals surface area contributed by atoms with Gasteiger partial charge >= 0.3 is 12.0 Å². The zero-order valence-electron chi connectivity index (χ0n) is 17.3. The summed E-state index contributed by atoms with van der Waals surface area (Å²) in [6, 6.07) is 14.7. The molecule has 0 spiro atoms. The second-order valence-corrected chi connectivity index (χ2v) is 7.18. The van der Waals surface area contributed by atoms with Gasteiger partial charge in [-0.1, -0.05) is 25.1 Å². The molecular formula is C22H26N4O5. The number of benzene rings is 2. The molecule has 2 aromatic carbocycles. The Morgan fingerprint density at radius 2 is 1.29 bits per heavy atom. The second kappa shape index (κ2) is 11.3. The zero-order valence-corrected chi connectivity index (χ0v) is 17.3. The van der Waals surface area contributed by atoms with E-state index in [-0.39, 0.29) is 30.7 Å². The average molecular weight is 426 g/mol. The Kier molecular flexibility index (Phi) is 8.56. The summed E-state index contributed by atoms with van der Waals surface area (Å²) in [6.07, 6.45) is -0.237. The van der Waals surface area contributed by atoms with Crippen molar-refractivity contribution in [2.75, 3.05) is 16.0 Å². The predicted molar refractivity (Wildman–Crippen MR) is 118 cm³/mol. The number of carboxylic acids is 1. The van der Waals surface area contributed by atoms with E-state index in [4.69, 9.17) is 5.11 Å². The summed E-state index contributed by atoms with van der Waals surface area (Å²) in [5.74, 6) is -2.35. The third kappa shape index (κ3) is 8.57. The first-order valence-corrected chi connectivity index (χ1v) is 9.78. The average Bonchev–Trinajstić information content (AvgIpc) is 2.69. The van der Waals surface area contributed by atoms with Crippen molar-refractivity contribution < 1.29 is 24.3 Å². The fourth-order valence-corrected chi connectivity index (χ4v) is 2.73. The Hall–Kier alpha value is -3.88. The van der Waals surface area contributed by atoms with Crippen LogP contribution in [0.3, 0.4) is 0 Å². The van der Waals surface area contributed by atoms with Gasteiger partial charge in [0.1, 0.15) is 0 Å². The Morgan fingerprint density at radius 1 is 0.774 bits per heavy atom. The van der Waals surface area contributed by atoms with Crippen molar-refractivity contribution in [2.24, 2.45) is 5.92 Å². The highest BCUT2D eigenvalue weighted by atomic mass is 16.4. The van der Waals surface area contributed by atoms with E-state index in [0.29, 0.717) is 17.1 Å². The van der Waals surface area contributed by atoms with E-state index < -0.39 is 17.9 Å². The lowest BCUT2D eigenvalue weighted by molar-refractivity contribution is -0.138. The van der Waals surface area contributed by atoms with E-state index in [1.54, 1.807) is 50.2 Å². The molecule has 2 rings (SSSR count). The molecule has 0 saturated heterocycles. The van der Waals surface area contributed by atoms with Crippen molar-refractivity contribution in [3.8, 4) is 0 Å². The highest BCUT2D eigenvalue weighted by Gasteiger charge is 2.19. The Labute approximate surface area is 180 Å². The summed E-state index contributed by atoms with van der Waals surface area (Å²) >= 11 is 0. The molecular weight excluding hydrogens is 400 g/mol. The van der Waals surface area contributed by atoms with E-state index >= 15 is 0 Å². The van der Waals surface area contributed by atoms with Gasteiger partial charge in [0.15, 0.2) is 0 Å². The van der Waals surface area contributed by atoms with Crippen molar-refractivity contribution in [3.05, 3.63) is 54.6 Å². The molecule has 2 aromatic rings. The van der Waals surface area contributed by atoms with Crippen LogP contribution in [0.25, 0.3) is 0 Å². The molecule has 9 nitrogen and oxygen atoms in total. The first-order valence-electron chi connectivity index (χ1n) is 9.78. The van der Waals surface area contributed by atoms with Crippen LogP contribution in [0.15, 0.2) is 54.6 Å². The topological polar surface area (TPSA) is 137 Å². The van der Waals surface area contributed by atoms with E-state index in [1.165, 1.54) is 0 Å². The minimum Gasteiger partial charge on any atom is -0.481 e. The molecule has 2 atom stereocenters. The molecule has 4 amide bonds. The minimum atomic E-state index is -1.01. The lowest BCUT2D eigenvalue weighted by Gasteiger charge is -2.16. The van der Waals surface area contributed by atoms with Gasteiger partial charge in [0.05, 0.1) is 6.42 Å². The van der Waals surface area contributed by atoms with Crippen LogP contribution in [-0.2, 0) is 14.4 Å². The van der Waals surface area contributed by atoms with Crippen LogP contribution < -0.4 is 21.3 Å². The van der Waals surface area contributed by atoms with Gasteiger partial charge in [-0.05, 0) is 43.3 Å². The highest BCUT2D eigenvalue weighted by Crippen LogP contribution is 2.15. The maximum Gasteiger partial charge on any atom is 0.323 e. The fourth-order valence-electron chi connectivity index (χ4n) is 2.73. The minimum absolute atomic E-state index is 0.0505. The highest BCUT2D eigenvalue weighted by molar-refractivity contribution is 6.00. The molecule has 0 fully saturated rings. The van der Waals surface area contributed by atoms with Crippen molar-refractivity contribution >= 4 is 40.9 Å². The van der Waals surface area contributed by atoms with Gasteiger partial charge in [0.2, 0.25) is 11.8 Å². The maximum absolute atomic E-state index is 12.2. The SMILES string of the molecule is CC(CC(=O)Nc1ccc(NC(=O)Nc2ccccc2)cc1)C(=O)N[C@H](C)CC(=O)O. The van der Waals surface area contributed by atoms with Crippen LogP contribution in [0.4, 0.5) is 21.9 Å². The summed E-state index contributed by atoms with van der Waals surface area (Å²) in [7, 11) is 0. The molecule has 0 aliphatic carbocycles. The van der Waals surface area contributed by atoms with E-state index in [0.717, 1.165) is 0 Å². The van der Waals surface area contributed by atoms with Crippen LogP contribution in [0.1, 0.15) is 26.7 Å². The molecule has 1 unspecified atom stereocenters. The van der Waals surface area contributed by atoms with Crippen LogP contribution in [0.2, 0.25) is 0 Å². The first-order chi connectivity index (χ1) is 14.7. The molecule has 0 heterocycles. The Morgan fingerprint density at radius 3 is 1.84 bits per heavy atom. The molecule has 5 N–H and O–H groups in total. The van der Waals surface area contributed by atoms with Crippen molar-refractivity contribution in [2.45, 2.75) is 32.7 Å². The van der Waals surface area contributed by atoms with Crippen molar-refractivity contribution in [1.29, 1.82) is 0 Å².